The molecule has 1 N–H and O–H groups in total. The van der Waals surface area contributed by atoms with E-state index in [2.05, 4.69) is 5.32 Å². The highest BCUT2D eigenvalue weighted by atomic mass is 19.1. The number of hydrogen-bond donors (Lipinski definition) is 1. The summed E-state index contributed by atoms with van der Waals surface area (Å²) in [5.74, 6) is 0.348. The van der Waals surface area contributed by atoms with E-state index in [0.717, 1.165) is 5.56 Å². The Hall–Kier alpha value is -1.86. The molecule has 7 heteroatoms. The van der Waals surface area contributed by atoms with Crippen molar-refractivity contribution in [2.75, 3.05) is 26.4 Å². The van der Waals surface area contributed by atoms with E-state index in [4.69, 9.17) is 14.2 Å². The van der Waals surface area contributed by atoms with Crippen molar-refractivity contribution in [3.8, 4) is 5.75 Å². The normalized spacial score (nSPS) is 22.1. The third-order valence-corrected chi connectivity index (χ3v) is 4.28. The lowest BCUT2D eigenvalue weighted by Crippen LogP contribution is -2.56. The Morgan fingerprint density at radius 1 is 1.44 bits per heavy atom. The minimum atomic E-state index is -0.357. The Morgan fingerprint density at radius 2 is 2.24 bits per heavy atom. The summed E-state index contributed by atoms with van der Waals surface area (Å²) in [6.45, 7) is 7.92. The zero-order chi connectivity index (χ0) is 18.0. The molecule has 3 rings (SSSR count). The van der Waals surface area contributed by atoms with E-state index in [1.807, 2.05) is 20.8 Å². The SMILES string of the molecule is CC1CN(C(=O)NCCc2cc(F)cc3c2OCOC3)CC(C)(C)O1. The van der Waals surface area contributed by atoms with E-state index >= 15 is 0 Å². The van der Waals surface area contributed by atoms with E-state index in [1.54, 1.807) is 4.90 Å². The van der Waals surface area contributed by atoms with Crippen molar-refractivity contribution in [1.29, 1.82) is 0 Å². The van der Waals surface area contributed by atoms with E-state index in [1.165, 1.54) is 12.1 Å². The summed E-state index contributed by atoms with van der Waals surface area (Å²) in [6, 6.07) is 2.75. The maximum Gasteiger partial charge on any atom is 0.317 e. The van der Waals surface area contributed by atoms with Crippen LogP contribution in [0.25, 0.3) is 0 Å². The van der Waals surface area contributed by atoms with Crippen LogP contribution in [0.1, 0.15) is 31.9 Å². The molecule has 1 unspecified atom stereocenters. The average Bonchev–Trinajstić information content (AvgIpc) is 2.52. The van der Waals surface area contributed by atoms with Crippen molar-refractivity contribution < 1.29 is 23.4 Å². The van der Waals surface area contributed by atoms with Gasteiger partial charge in [0, 0.05) is 18.7 Å². The van der Waals surface area contributed by atoms with Gasteiger partial charge < -0.3 is 24.4 Å². The first-order valence-corrected chi connectivity index (χ1v) is 8.56. The number of rotatable bonds is 3. The Bertz CT molecular complexity index is 650. The zero-order valence-corrected chi connectivity index (χ0v) is 14.9. The number of carbonyl (C=O) groups excluding carboxylic acids is 1. The minimum absolute atomic E-state index is 0.00172. The van der Waals surface area contributed by atoms with Crippen molar-refractivity contribution in [2.24, 2.45) is 0 Å². The van der Waals surface area contributed by atoms with Gasteiger partial charge in [0.15, 0.2) is 6.79 Å². The molecule has 2 aliphatic heterocycles. The van der Waals surface area contributed by atoms with Gasteiger partial charge in [-0.2, -0.15) is 0 Å². The second-order valence-electron chi connectivity index (χ2n) is 7.21. The van der Waals surface area contributed by atoms with E-state index < -0.39 is 0 Å². The molecule has 2 heterocycles. The van der Waals surface area contributed by atoms with Crippen LogP contribution >= 0.6 is 0 Å². The fourth-order valence-electron chi connectivity index (χ4n) is 3.47. The smallest absolute Gasteiger partial charge is 0.317 e. The van der Waals surface area contributed by atoms with Crippen LogP contribution in [-0.4, -0.2) is 49.1 Å². The number of fused-ring (bicyclic) bond motifs is 1. The number of halogens is 1. The van der Waals surface area contributed by atoms with Gasteiger partial charge in [0.2, 0.25) is 0 Å². The molecule has 138 valence electrons. The molecule has 1 fully saturated rings. The van der Waals surface area contributed by atoms with Crippen molar-refractivity contribution in [3.05, 3.63) is 29.1 Å². The molecule has 2 aliphatic rings. The van der Waals surface area contributed by atoms with E-state index in [9.17, 15) is 9.18 Å². The first-order valence-electron chi connectivity index (χ1n) is 8.56. The molecule has 0 bridgehead atoms. The van der Waals surface area contributed by atoms with Crippen LogP contribution in [0.2, 0.25) is 0 Å². The van der Waals surface area contributed by atoms with Gasteiger partial charge in [0.05, 0.1) is 24.9 Å². The summed E-state index contributed by atoms with van der Waals surface area (Å²) in [4.78, 5) is 14.2. The lowest BCUT2D eigenvalue weighted by atomic mass is 10.1. The fraction of sp³-hybridized carbons (Fsp3) is 0.611. The average molecular weight is 352 g/mol. The largest absolute Gasteiger partial charge is 0.467 e. The molecule has 6 nitrogen and oxygen atoms in total. The second kappa shape index (κ2) is 7.17. The Balaban J connectivity index is 1.58. The van der Waals surface area contributed by atoms with Crippen LogP contribution in [0.15, 0.2) is 12.1 Å². The van der Waals surface area contributed by atoms with Crippen LogP contribution < -0.4 is 10.1 Å². The molecule has 0 saturated carbocycles. The lowest BCUT2D eigenvalue weighted by Gasteiger charge is -2.41. The number of benzene rings is 1. The molecular weight excluding hydrogens is 327 g/mol. The highest BCUT2D eigenvalue weighted by Gasteiger charge is 2.33. The predicted octanol–water partition coefficient (Wildman–Crippen LogP) is 2.44. The molecule has 2 amide bonds. The molecule has 0 spiro atoms. The predicted molar refractivity (Wildman–Crippen MR) is 90.0 cm³/mol. The van der Waals surface area contributed by atoms with Gasteiger partial charge in [-0.15, -0.1) is 0 Å². The Morgan fingerprint density at radius 3 is 3.00 bits per heavy atom. The molecule has 0 radical (unpaired) electrons. The molecule has 1 saturated heterocycles. The van der Waals surface area contributed by atoms with Gasteiger partial charge in [0.25, 0.3) is 0 Å². The molecule has 1 atom stereocenters. The maximum absolute atomic E-state index is 13.7. The first-order chi connectivity index (χ1) is 11.8. The number of nitrogens with zero attached hydrogens (tertiary/aromatic N) is 1. The highest BCUT2D eigenvalue weighted by Crippen LogP contribution is 2.29. The summed E-state index contributed by atoms with van der Waals surface area (Å²) >= 11 is 0. The van der Waals surface area contributed by atoms with Gasteiger partial charge in [0.1, 0.15) is 11.6 Å². The van der Waals surface area contributed by atoms with Crippen LogP contribution in [-0.2, 0) is 22.5 Å². The van der Waals surface area contributed by atoms with E-state index in [0.29, 0.717) is 44.0 Å². The zero-order valence-electron chi connectivity index (χ0n) is 14.9. The first kappa shape index (κ1) is 17.9. The third-order valence-electron chi connectivity index (χ3n) is 4.28. The lowest BCUT2D eigenvalue weighted by molar-refractivity contribution is -0.117. The summed E-state index contributed by atoms with van der Waals surface area (Å²) < 4.78 is 30.2. The van der Waals surface area contributed by atoms with Gasteiger partial charge >= 0.3 is 6.03 Å². The highest BCUT2D eigenvalue weighted by molar-refractivity contribution is 5.74. The summed E-state index contributed by atoms with van der Waals surface area (Å²) in [5.41, 5.74) is 1.09. The topological polar surface area (TPSA) is 60.0 Å². The summed E-state index contributed by atoms with van der Waals surface area (Å²) in [5, 5.41) is 2.91. The van der Waals surface area contributed by atoms with Crippen molar-refractivity contribution in [2.45, 2.75) is 45.5 Å². The number of carbonyl (C=O) groups is 1. The monoisotopic (exact) mass is 352 g/mol. The fourth-order valence-corrected chi connectivity index (χ4v) is 3.47. The number of amides is 2. The van der Waals surface area contributed by atoms with Gasteiger partial charge in [-0.1, -0.05) is 0 Å². The Labute approximate surface area is 147 Å². The summed E-state index contributed by atoms with van der Waals surface area (Å²) in [6.07, 6.45) is 0.493. The van der Waals surface area contributed by atoms with E-state index in [-0.39, 0.29) is 30.3 Å². The Kier molecular flexibility index (Phi) is 5.15. The molecular formula is C18H25FN2O4. The minimum Gasteiger partial charge on any atom is -0.467 e. The number of nitrogens with one attached hydrogen (secondary N) is 1. The quantitative estimate of drug-likeness (QED) is 0.908. The second-order valence-corrected chi connectivity index (χ2v) is 7.21. The summed E-state index contributed by atoms with van der Waals surface area (Å²) in [7, 11) is 0. The van der Waals surface area contributed by atoms with Crippen molar-refractivity contribution in [1.82, 2.24) is 10.2 Å². The van der Waals surface area contributed by atoms with Crippen LogP contribution in [0.4, 0.5) is 9.18 Å². The molecule has 1 aromatic rings. The maximum atomic E-state index is 13.7. The van der Waals surface area contributed by atoms with Gasteiger partial charge in [-0.25, -0.2) is 9.18 Å². The van der Waals surface area contributed by atoms with Crippen LogP contribution in [0, 0.1) is 5.82 Å². The van der Waals surface area contributed by atoms with Crippen LogP contribution in [0.5, 0.6) is 5.75 Å². The molecule has 25 heavy (non-hydrogen) atoms. The standard InChI is InChI=1S/C18H25FN2O4/c1-12-8-21(10-18(2,3)25-12)17(22)20-5-4-13-6-15(19)7-14-9-23-11-24-16(13)14/h6-7,12H,4-5,8-11H2,1-3H3,(H,20,22). The van der Waals surface area contributed by atoms with Crippen LogP contribution in [0.3, 0.4) is 0 Å². The molecule has 1 aromatic carbocycles. The van der Waals surface area contributed by atoms with Gasteiger partial charge in [-0.3, -0.25) is 0 Å². The van der Waals surface area contributed by atoms with Gasteiger partial charge in [-0.05, 0) is 44.9 Å². The third kappa shape index (κ3) is 4.41. The van der Waals surface area contributed by atoms with Crippen molar-refractivity contribution >= 4 is 6.03 Å². The number of urea groups is 1. The molecule has 0 aromatic heterocycles. The molecule has 0 aliphatic carbocycles. The number of hydrogen-bond acceptors (Lipinski definition) is 4. The number of ether oxygens (including phenoxy) is 3. The number of morpholine rings is 1. The van der Waals surface area contributed by atoms with Crippen molar-refractivity contribution in [3.63, 3.8) is 0 Å².